The molecule has 0 saturated carbocycles. The smallest absolute Gasteiger partial charge is 0.412 e. The van der Waals surface area contributed by atoms with Crippen molar-refractivity contribution in [1.29, 1.82) is 0 Å². The Hall–Kier alpha value is -3.82. The molecule has 32 heavy (non-hydrogen) atoms. The maximum atomic E-state index is 11.1. The molecule has 10 heteroatoms. The van der Waals surface area contributed by atoms with E-state index in [-0.39, 0.29) is 0 Å². The average Bonchev–Trinajstić information content (AvgIpc) is 3.22. The van der Waals surface area contributed by atoms with Crippen LogP contribution in [0.3, 0.4) is 0 Å². The Morgan fingerprint density at radius 2 is 1.06 bits per heavy atom. The van der Waals surface area contributed by atoms with E-state index in [1.165, 1.54) is 14.1 Å². The summed E-state index contributed by atoms with van der Waals surface area (Å²) in [6, 6.07) is 10.3. The van der Waals surface area contributed by atoms with Crippen LogP contribution in [0, 0.1) is 0 Å². The van der Waals surface area contributed by atoms with Crippen LogP contribution >= 0.6 is 0 Å². The number of rotatable bonds is 2. The van der Waals surface area contributed by atoms with Crippen molar-refractivity contribution in [3.63, 3.8) is 0 Å². The van der Waals surface area contributed by atoms with Crippen molar-refractivity contribution >= 4 is 12.2 Å². The van der Waals surface area contributed by atoms with Gasteiger partial charge in [0.25, 0.3) is 0 Å². The van der Waals surface area contributed by atoms with E-state index in [0.717, 1.165) is 0 Å². The lowest BCUT2D eigenvalue weighted by molar-refractivity contribution is -0.0443. The fraction of sp³-hybridized carbons (Fsp3) is 0.364. The highest BCUT2D eigenvalue weighted by molar-refractivity contribution is 5.72. The van der Waals surface area contributed by atoms with Gasteiger partial charge in [0.05, 0.1) is 0 Å². The van der Waals surface area contributed by atoms with Crippen LogP contribution in [-0.2, 0) is 0 Å². The van der Waals surface area contributed by atoms with Gasteiger partial charge in [-0.15, -0.1) is 0 Å². The zero-order valence-corrected chi connectivity index (χ0v) is 18.7. The summed E-state index contributed by atoms with van der Waals surface area (Å²) in [5, 5.41) is 4.74. The van der Waals surface area contributed by atoms with Gasteiger partial charge in [0, 0.05) is 41.8 Å². The lowest BCUT2D eigenvalue weighted by atomic mass is 10.3. The van der Waals surface area contributed by atoms with Crippen LogP contribution in [0.2, 0.25) is 0 Å². The van der Waals surface area contributed by atoms with Gasteiger partial charge in [-0.1, -0.05) is 12.1 Å². The number of carbonyl (C=O) groups is 2. The third kappa shape index (κ3) is 5.26. The van der Waals surface area contributed by atoms with Crippen LogP contribution in [0.25, 0.3) is 0 Å². The molecule has 0 spiro atoms. The van der Waals surface area contributed by atoms with Crippen LogP contribution in [0.4, 0.5) is 9.59 Å². The molecule has 2 aliphatic heterocycles. The Balaban J connectivity index is 0.000000181. The quantitative estimate of drug-likeness (QED) is 0.716. The molecule has 172 valence electrons. The molecule has 2 aromatic carbocycles. The highest BCUT2D eigenvalue weighted by Gasteiger charge is 2.35. The Kier molecular flexibility index (Phi) is 6.24. The number of hydrogen-bond acceptors (Lipinski definition) is 8. The fourth-order valence-corrected chi connectivity index (χ4v) is 2.88. The summed E-state index contributed by atoms with van der Waals surface area (Å²) in [6.45, 7) is 7.15. The number of nitrogens with one attached hydrogen (secondary N) is 2. The summed E-state index contributed by atoms with van der Waals surface area (Å²) >= 11 is 0. The minimum Gasteiger partial charge on any atom is -0.449 e. The first-order valence-electron chi connectivity index (χ1n) is 9.85. The molecule has 0 aliphatic carbocycles. The molecule has 4 rings (SSSR count). The van der Waals surface area contributed by atoms with Crippen molar-refractivity contribution < 1.29 is 38.0 Å². The zero-order chi connectivity index (χ0) is 23.5. The second kappa shape index (κ2) is 8.74. The Morgan fingerprint density at radius 1 is 0.688 bits per heavy atom. The van der Waals surface area contributed by atoms with Crippen LogP contribution in [0.15, 0.2) is 36.4 Å². The molecule has 0 aromatic heterocycles. The van der Waals surface area contributed by atoms with Crippen LogP contribution in [-0.4, -0.2) is 37.9 Å². The van der Waals surface area contributed by atoms with Crippen LogP contribution in [0.5, 0.6) is 34.5 Å². The van der Waals surface area contributed by atoms with Gasteiger partial charge in [-0.3, -0.25) is 0 Å². The second-order valence-electron chi connectivity index (χ2n) is 7.65. The molecular formula is C22H26N2O8. The number of benzene rings is 2. The summed E-state index contributed by atoms with van der Waals surface area (Å²) in [7, 11) is 2.99. The van der Waals surface area contributed by atoms with Crippen molar-refractivity contribution in [3.8, 4) is 34.5 Å². The van der Waals surface area contributed by atoms with Crippen molar-refractivity contribution in [2.45, 2.75) is 39.3 Å². The van der Waals surface area contributed by atoms with E-state index < -0.39 is 23.8 Å². The van der Waals surface area contributed by atoms with Gasteiger partial charge in [0.2, 0.25) is 23.1 Å². The average molecular weight is 446 g/mol. The minimum atomic E-state index is -0.732. The summed E-state index contributed by atoms with van der Waals surface area (Å²) < 4.78 is 32.2. The molecule has 2 amide bonds. The molecule has 0 radical (unpaired) electrons. The van der Waals surface area contributed by atoms with E-state index in [2.05, 4.69) is 10.6 Å². The predicted molar refractivity (Wildman–Crippen MR) is 114 cm³/mol. The minimum absolute atomic E-state index is 0.349. The van der Waals surface area contributed by atoms with Gasteiger partial charge >= 0.3 is 12.2 Å². The fourth-order valence-electron chi connectivity index (χ4n) is 2.88. The van der Waals surface area contributed by atoms with Gasteiger partial charge in [0.1, 0.15) is 0 Å². The molecule has 0 bridgehead atoms. The molecule has 0 atom stereocenters. The Bertz CT molecular complexity index is 937. The van der Waals surface area contributed by atoms with Gasteiger partial charge < -0.3 is 39.1 Å². The van der Waals surface area contributed by atoms with Crippen LogP contribution in [0.1, 0.15) is 27.7 Å². The highest BCUT2D eigenvalue weighted by Crippen LogP contribution is 2.46. The molecule has 2 aromatic rings. The van der Waals surface area contributed by atoms with Gasteiger partial charge in [0.15, 0.2) is 23.0 Å². The summed E-state index contributed by atoms with van der Waals surface area (Å²) in [5.41, 5.74) is 0. The van der Waals surface area contributed by atoms with Gasteiger partial charge in [-0.05, 0) is 24.3 Å². The first-order chi connectivity index (χ1) is 15.0. The highest BCUT2D eigenvalue weighted by atomic mass is 16.7. The summed E-state index contributed by atoms with van der Waals surface area (Å²) in [6.07, 6.45) is -1.08. The van der Waals surface area contributed by atoms with Crippen LogP contribution < -0.4 is 39.1 Å². The van der Waals surface area contributed by atoms with Crippen molar-refractivity contribution in [3.05, 3.63) is 36.4 Å². The second-order valence-corrected chi connectivity index (χ2v) is 7.65. The van der Waals surface area contributed by atoms with Gasteiger partial charge in [-0.25, -0.2) is 9.59 Å². The Labute approximate surface area is 185 Å². The SMILES string of the molecule is CNC(=O)Oc1cccc2c1OC(C)(C)O2.CNC(=O)Oc1cccc2c1OC(C)(C)O2. The maximum Gasteiger partial charge on any atom is 0.412 e. The molecule has 0 fully saturated rings. The van der Waals surface area contributed by atoms with E-state index >= 15 is 0 Å². The van der Waals surface area contributed by atoms with Gasteiger partial charge in [-0.2, -0.15) is 0 Å². The predicted octanol–water partition coefficient (Wildman–Crippen LogP) is 3.82. The third-order valence-electron chi connectivity index (χ3n) is 4.11. The largest absolute Gasteiger partial charge is 0.449 e. The first kappa shape index (κ1) is 22.9. The number of carbonyl (C=O) groups excluding carboxylic acids is 2. The van der Waals surface area contributed by atoms with E-state index in [0.29, 0.717) is 34.5 Å². The topological polar surface area (TPSA) is 114 Å². The third-order valence-corrected chi connectivity index (χ3v) is 4.11. The molecule has 0 saturated heterocycles. The monoisotopic (exact) mass is 446 g/mol. The standard InChI is InChI=1S/2C11H13NO4/c2*1-11(2)15-8-6-4-5-7(9(8)16-11)14-10(13)12-3/h2*4-6H,1-3H3,(H,12,13). The summed E-state index contributed by atoms with van der Waals surface area (Å²) in [4.78, 5) is 22.2. The molecule has 10 nitrogen and oxygen atoms in total. The van der Waals surface area contributed by atoms with E-state index in [9.17, 15) is 9.59 Å². The molecular weight excluding hydrogens is 420 g/mol. The van der Waals surface area contributed by atoms with E-state index in [1.54, 1.807) is 64.1 Å². The molecule has 2 aliphatic rings. The number of ether oxygens (including phenoxy) is 6. The molecule has 2 heterocycles. The Morgan fingerprint density at radius 3 is 1.41 bits per heavy atom. The zero-order valence-electron chi connectivity index (χ0n) is 18.7. The summed E-state index contributed by atoms with van der Waals surface area (Å²) in [5.74, 6) is 1.30. The molecule has 0 unspecified atom stereocenters. The number of hydrogen-bond donors (Lipinski definition) is 2. The lowest BCUT2D eigenvalue weighted by Gasteiger charge is -2.16. The number of fused-ring (bicyclic) bond motifs is 2. The molecule has 2 N–H and O–H groups in total. The van der Waals surface area contributed by atoms with E-state index in [1.807, 2.05) is 0 Å². The van der Waals surface area contributed by atoms with Crippen molar-refractivity contribution in [2.24, 2.45) is 0 Å². The van der Waals surface area contributed by atoms with Crippen molar-refractivity contribution in [2.75, 3.05) is 14.1 Å². The van der Waals surface area contributed by atoms with E-state index in [4.69, 9.17) is 28.4 Å². The maximum absolute atomic E-state index is 11.1. The number of para-hydroxylation sites is 2. The first-order valence-corrected chi connectivity index (χ1v) is 9.85. The number of amides is 2. The van der Waals surface area contributed by atoms with Crippen molar-refractivity contribution in [1.82, 2.24) is 10.6 Å². The normalized spacial score (nSPS) is 15.7. The lowest BCUT2D eigenvalue weighted by Crippen LogP contribution is -2.30.